The van der Waals surface area contributed by atoms with E-state index in [4.69, 9.17) is 10.7 Å². The highest BCUT2D eigenvalue weighted by molar-refractivity contribution is 5.99. The molecule has 120 valence electrons. The Balaban J connectivity index is 1.88. The third kappa shape index (κ3) is 2.38. The molecule has 0 bridgehead atoms. The fourth-order valence-corrected chi connectivity index (χ4v) is 3.36. The van der Waals surface area contributed by atoms with E-state index in [0.717, 1.165) is 47.3 Å². The monoisotopic (exact) mass is 318 g/mol. The van der Waals surface area contributed by atoms with Crippen LogP contribution in [0.15, 0.2) is 42.6 Å². The van der Waals surface area contributed by atoms with Gasteiger partial charge in [0.2, 0.25) is 0 Å². The number of pyridine rings is 1. The summed E-state index contributed by atoms with van der Waals surface area (Å²) in [6.45, 7) is 0. The first-order valence-corrected chi connectivity index (χ1v) is 8.05. The van der Waals surface area contributed by atoms with Crippen LogP contribution in [0.3, 0.4) is 0 Å². The van der Waals surface area contributed by atoms with Gasteiger partial charge in [-0.25, -0.2) is 0 Å². The van der Waals surface area contributed by atoms with Crippen LogP contribution in [0.2, 0.25) is 0 Å². The van der Waals surface area contributed by atoms with Crippen LogP contribution < -0.4 is 5.73 Å². The Morgan fingerprint density at radius 3 is 2.75 bits per heavy atom. The summed E-state index contributed by atoms with van der Waals surface area (Å²) in [5, 5.41) is 4.22. The largest absolute Gasteiger partial charge is 0.366 e. The van der Waals surface area contributed by atoms with E-state index in [9.17, 15) is 4.79 Å². The van der Waals surface area contributed by atoms with Gasteiger partial charge in [0.05, 0.1) is 17.0 Å². The highest BCUT2D eigenvalue weighted by Crippen LogP contribution is 2.30. The zero-order chi connectivity index (χ0) is 16.7. The summed E-state index contributed by atoms with van der Waals surface area (Å²) in [7, 11) is 1.91. The summed E-state index contributed by atoms with van der Waals surface area (Å²) in [6.07, 6.45) is 4.78. The number of carbonyl (C=O) groups is 1. The number of aryl methyl sites for hydroxylation is 3. The molecule has 5 heteroatoms. The number of rotatable bonds is 3. The molecule has 0 fully saturated rings. The summed E-state index contributed by atoms with van der Waals surface area (Å²) >= 11 is 0. The van der Waals surface area contributed by atoms with Crippen molar-refractivity contribution >= 4 is 5.91 Å². The van der Waals surface area contributed by atoms with E-state index >= 15 is 0 Å². The van der Waals surface area contributed by atoms with Gasteiger partial charge in [-0.15, -0.1) is 0 Å². The first-order chi connectivity index (χ1) is 11.6. The lowest BCUT2D eigenvalue weighted by atomic mass is 10.00. The van der Waals surface area contributed by atoms with Crippen LogP contribution in [0.25, 0.3) is 22.5 Å². The number of fused-ring (bicyclic) bond motifs is 1. The number of aromatic nitrogens is 3. The van der Waals surface area contributed by atoms with Crippen LogP contribution in [-0.2, 0) is 19.9 Å². The fraction of sp³-hybridized carbons (Fsp3) is 0.211. The van der Waals surface area contributed by atoms with E-state index in [-0.39, 0.29) is 0 Å². The predicted molar refractivity (Wildman–Crippen MR) is 92.4 cm³/mol. The molecule has 1 aliphatic rings. The number of primary amides is 1. The van der Waals surface area contributed by atoms with Crippen LogP contribution in [-0.4, -0.2) is 20.7 Å². The summed E-state index contributed by atoms with van der Waals surface area (Å²) in [5.41, 5.74) is 12.0. The van der Waals surface area contributed by atoms with Gasteiger partial charge in [0.25, 0.3) is 5.91 Å². The Labute approximate surface area is 140 Å². The van der Waals surface area contributed by atoms with Gasteiger partial charge in [-0.3, -0.25) is 14.5 Å². The van der Waals surface area contributed by atoms with Crippen LogP contribution >= 0.6 is 0 Å². The van der Waals surface area contributed by atoms with Crippen molar-refractivity contribution in [1.82, 2.24) is 14.8 Å². The van der Waals surface area contributed by atoms with E-state index in [2.05, 4.69) is 5.10 Å². The predicted octanol–water partition coefficient (Wildman–Crippen LogP) is 2.74. The second-order valence-electron chi connectivity index (χ2n) is 6.13. The van der Waals surface area contributed by atoms with Gasteiger partial charge in [0.1, 0.15) is 0 Å². The van der Waals surface area contributed by atoms with E-state index < -0.39 is 5.91 Å². The number of carbonyl (C=O) groups excluding carboxylic acids is 1. The molecule has 1 amide bonds. The smallest absolute Gasteiger partial charge is 0.250 e. The minimum atomic E-state index is -0.432. The van der Waals surface area contributed by atoms with Crippen molar-refractivity contribution < 1.29 is 4.79 Å². The zero-order valence-electron chi connectivity index (χ0n) is 13.5. The summed E-state index contributed by atoms with van der Waals surface area (Å²) < 4.78 is 1.82. The van der Waals surface area contributed by atoms with Gasteiger partial charge >= 0.3 is 0 Å². The molecule has 0 atom stereocenters. The molecule has 0 spiro atoms. The molecule has 2 aromatic heterocycles. The minimum absolute atomic E-state index is 0.432. The van der Waals surface area contributed by atoms with Crippen LogP contribution in [0.5, 0.6) is 0 Å². The molecule has 1 aromatic carbocycles. The third-order valence-corrected chi connectivity index (χ3v) is 4.57. The molecule has 4 rings (SSSR count). The second-order valence-corrected chi connectivity index (χ2v) is 6.13. The highest BCUT2D eigenvalue weighted by Gasteiger charge is 2.20. The average molecular weight is 318 g/mol. The van der Waals surface area contributed by atoms with E-state index in [1.165, 1.54) is 0 Å². The summed E-state index contributed by atoms with van der Waals surface area (Å²) in [5.74, 6) is -0.432. The molecule has 24 heavy (non-hydrogen) atoms. The number of nitrogens with zero attached hydrogens (tertiary/aromatic N) is 3. The molecule has 3 aromatic rings. The van der Waals surface area contributed by atoms with Crippen molar-refractivity contribution in [2.75, 3.05) is 0 Å². The molecule has 0 aliphatic heterocycles. The third-order valence-electron chi connectivity index (χ3n) is 4.57. The Morgan fingerprint density at radius 1 is 1.17 bits per heavy atom. The lowest BCUT2D eigenvalue weighted by Gasteiger charge is -2.11. The molecule has 0 radical (unpaired) electrons. The van der Waals surface area contributed by atoms with Gasteiger partial charge < -0.3 is 5.73 Å². The van der Waals surface area contributed by atoms with Gasteiger partial charge in [0, 0.05) is 30.1 Å². The fourth-order valence-electron chi connectivity index (χ4n) is 3.36. The van der Waals surface area contributed by atoms with Crippen molar-refractivity contribution in [2.24, 2.45) is 12.8 Å². The zero-order valence-corrected chi connectivity index (χ0v) is 13.5. The molecule has 2 heterocycles. The van der Waals surface area contributed by atoms with Crippen molar-refractivity contribution in [2.45, 2.75) is 19.3 Å². The summed E-state index contributed by atoms with van der Waals surface area (Å²) in [6, 6.07) is 11.9. The summed E-state index contributed by atoms with van der Waals surface area (Å²) in [4.78, 5) is 16.7. The van der Waals surface area contributed by atoms with Crippen molar-refractivity contribution in [1.29, 1.82) is 0 Å². The van der Waals surface area contributed by atoms with Crippen molar-refractivity contribution in [3.8, 4) is 22.5 Å². The Bertz CT molecular complexity index is 942. The molecule has 0 saturated carbocycles. The Morgan fingerprint density at radius 2 is 2.00 bits per heavy atom. The maximum atomic E-state index is 11.9. The van der Waals surface area contributed by atoms with Crippen molar-refractivity contribution in [3.05, 3.63) is 59.4 Å². The first-order valence-electron chi connectivity index (χ1n) is 8.05. The maximum Gasteiger partial charge on any atom is 0.250 e. The van der Waals surface area contributed by atoms with E-state index in [1.807, 2.05) is 48.1 Å². The van der Waals surface area contributed by atoms with Gasteiger partial charge in [-0.05, 0) is 43.0 Å². The normalized spacial score (nSPS) is 13.0. The van der Waals surface area contributed by atoms with Gasteiger partial charge in [-0.2, -0.15) is 5.10 Å². The van der Waals surface area contributed by atoms with Crippen LogP contribution in [0.4, 0.5) is 0 Å². The van der Waals surface area contributed by atoms with E-state index in [0.29, 0.717) is 11.3 Å². The number of nitrogens with two attached hydrogens (primary N) is 1. The highest BCUT2D eigenvalue weighted by atomic mass is 16.1. The molecule has 5 nitrogen and oxygen atoms in total. The lowest BCUT2D eigenvalue weighted by molar-refractivity contribution is 0.100. The first kappa shape index (κ1) is 14.6. The number of benzene rings is 1. The number of amides is 1. The van der Waals surface area contributed by atoms with E-state index in [1.54, 1.807) is 6.20 Å². The maximum absolute atomic E-state index is 11.9. The molecule has 0 unspecified atom stereocenters. The average Bonchev–Trinajstić information content (AvgIpc) is 3.21. The molecule has 2 N–H and O–H groups in total. The van der Waals surface area contributed by atoms with Crippen LogP contribution in [0.1, 0.15) is 28.0 Å². The standard InChI is InChI=1S/C19H18N4O/c1-23-17(8-9-21-23)13-5-2-6-14(10-13)18-15(19(20)24)11-12-4-3-7-16(12)22-18/h2,5-6,8-11H,3-4,7H2,1H3,(H2,20,24). The SMILES string of the molecule is Cn1nccc1-c1cccc(-c2nc3c(cc2C(N)=O)CCC3)c1. The number of hydrogen-bond donors (Lipinski definition) is 1. The van der Waals surface area contributed by atoms with Gasteiger partial charge in [0.15, 0.2) is 0 Å². The Hall–Kier alpha value is -2.95. The Kier molecular flexibility index (Phi) is 3.41. The second kappa shape index (κ2) is 5.60. The lowest BCUT2D eigenvalue weighted by Crippen LogP contribution is -2.14. The molecular weight excluding hydrogens is 300 g/mol. The number of hydrogen-bond acceptors (Lipinski definition) is 3. The minimum Gasteiger partial charge on any atom is -0.366 e. The topological polar surface area (TPSA) is 73.8 Å². The molecule has 1 aliphatic carbocycles. The van der Waals surface area contributed by atoms with Gasteiger partial charge in [-0.1, -0.05) is 18.2 Å². The van der Waals surface area contributed by atoms with Crippen LogP contribution in [0, 0.1) is 0 Å². The van der Waals surface area contributed by atoms with Crippen molar-refractivity contribution in [3.63, 3.8) is 0 Å². The quantitative estimate of drug-likeness (QED) is 0.807. The molecule has 0 saturated heterocycles. The molecular formula is C19H18N4O.